The molecule has 1 aromatic heterocycles. The molecule has 0 unspecified atom stereocenters. The molecule has 0 bridgehead atoms. The summed E-state index contributed by atoms with van der Waals surface area (Å²) < 4.78 is 12.0. The second-order valence-electron chi connectivity index (χ2n) is 3.69. The van der Waals surface area contributed by atoms with Gasteiger partial charge in [-0.15, -0.1) is 10.2 Å². The molecule has 0 saturated heterocycles. The van der Waals surface area contributed by atoms with Gasteiger partial charge in [-0.25, -0.2) is 0 Å². The molecule has 4 nitrogen and oxygen atoms in total. The first-order chi connectivity index (χ1) is 9.28. The molecule has 0 saturated carbocycles. The fourth-order valence-electron chi connectivity index (χ4n) is 1.42. The summed E-state index contributed by atoms with van der Waals surface area (Å²) >= 11 is 3.28. The van der Waals surface area contributed by atoms with E-state index in [2.05, 4.69) is 10.2 Å². The summed E-state index contributed by atoms with van der Waals surface area (Å²) in [5.74, 6) is 2.59. The van der Waals surface area contributed by atoms with Crippen LogP contribution in [0.25, 0.3) is 0 Å². The largest absolute Gasteiger partial charge is 0.494 e. The van der Waals surface area contributed by atoms with Gasteiger partial charge in [-0.3, -0.25) is 0 Å². The summed E-state index contributed by atoms with van der Waals surface area (Å²) in [5, 5.41) is 9.02. The van der Waals surface area contributed by atoms with E-state index in [1.807, 2.05) is 38.1 Å². The number of hydrogen-bond acceptors (Lipinski definition) is 6. The number of ether oxygens (including phenoxy) is 2. The molecule has 1 heterocycles. The molecular formula is C13H16N2O2S2. The van der Waals surface area contributed by atoms with Crippen LogP contribution in [0.1, 0.15) is 11.9 Å². The number of aryl methyl sites for hydroxylation is 1. The highest BCUT2D eigenvalue weighted by atomic mass is 32.2. The van der Waals surface area contributed by atoms with E-state index in [1.54, 1.807) is 23.1 Å². The minimum absolute atomic E-state index is 0.650. The van der Waals surface area contributed by atoms with E-state index < -0.39 is 0 Å². The van der Waals surface area contributed by atoms with Crippen LogP contribution in [-0.4, -0.2) is 29.2 Å². The summed E-state index contributed by atoms with van der Waals surface area (Å²) in [6.45, 7) is 5.25. The van der Waals surface area contributed by atoms with Crippen molar-refractivity contribution >= 4 is 23.1 Å². The summed E-state index contributed by atoms with van der Waals surface area (Å²) in [6.07, 6.45) is 0. The van der Waals surface area contributed by atoms with E-state index in [1.165, 1.54) is 0 Å². The standard InChI is InChI=1S/C13H16N2O2S2/c1-3-16-11-4-6-12(7-5-11)17-8-9-18-13-15-14-10(2)19-13/h4-7H,3,8-9H2,1-2H3. The van der Waals surface area contributed by atoms with Crippen molar-refractivity contribution in [3.05, 3.63) is 29.3 Å². The van der Waals surface area contributed by atoms with Gasteiger partial charge in [-0.1, -0.05) is 23.1 Å². The van der Waals surface area contributed by atoms with E-state index in [0.717, 1.165) is 26.6 Å². The van der Waals surface area contributed by atoms with Crippen molar-refractivity contribution in [3.8, 4) is 11.5 Å². The lowest BCUT2D eigenvalue weighted by Crippen LogP contribution is -2.00. The fourth-order valence-corrected chi connectivity index (χ4v) is 3.13. The Hall–Kier alpha value is -1.27. The Morgan fingerprint density at radius 1 is 1.11 bits per heavy atom. The van der Waals surface area contributed by atoms with Crippen molar-refractivity contribution in [3.63, 3.8) is 0 Å². The van der Waals surface area contributed by atoms with Crippen LogP contribution >= 0.6 is 23.1 Å². The molecular weight excluding hydrogens is 280 g/mol. The maximum Gasteiger partial charge on any atom is 0.174 e. The predicted molar refractivity (Wildman–Crippen MR) is 78.5 cm³/mol. The second kappa shape index (κ2) is 7.35. The van der Waals surface area contributed by atoms with Gasteiger partial charge in [0.05, 0.1) is 13.2 Å². The molecule has 19 heavy (non-hydrogen) atoms. The molecule has 6 heteroatoms. The normalized spacial score (nSPS) is 10.4. The number of hydrogen-bond donors (Lipinski definition) is 0. The Balaban J connectivity index is 1.70. The van der Waals surface area contributed by atoms with E-state index in [9.17, 15) is 0 Å². The fraction of sp³-hybridized carbons (Fsp3) is 0.385. The molecule has 0 aliphatic heterocycles. The molecule has 0 atom stereocenters. The van der Waals surface area contributed by atoms with Crippen LogP contribution in [0.5, 0.6) is 11.5 Å². The molecule has 0 radical (unpaired) electrons. The molecule has 0 fully saturated rings. The van der Waals surface area contributed by atoms with Gasteiger partial charge in [0.25, 0.3) is 0 Å². The van der Waals surface area contributed by atoms with E-state index in [4.69, 9.17) is 9.47 Å². The Morgan fingerprint density at radius 3 is 2.37 bits per heavy atom. The third-order valence-electron chi connectivity index (χ3n) is 2.22. The van der Waals surface area contributed by atoms with Crippen LogP contribution in [-0.2, 0) is 0 Å². The number of nitrogens with zero attached hydrogens (tertiary/aromatic N) is 2. The van der Waals surface area contributed by atoms with Gasteiger partial charge in [-0.05, 0) is 38.1 Å². The maximum atomic E-state index is 5.65. The molecule has 0 aliphatic rings. The maximum absolute atomic E-state index is 5.65. The smallest absolute Gasteiger partial charge is 0.174 e. The third-order valence-corrected chi connectivity index (χ3v) is 4.16. The molecule has 0 spiro atoms. The molecule has 0 aliphatic carbocycles. The molecule has 102 valence electrons. The third kappa shape index (κ3) is 4.72. The summed E-state index contributed by atoms with van der Waals surface area (Å²) in [7, 11) is 0. The topological polar surface area (TPSA) is 44.2 Å². The first-order valence-corrected chi connectivity index (χ1v) is 7.86. The van der Waals surface area contributed by atoms with Crippen molar-refractivity contribution in [2.75, 3.05) is 19.0 Å². The summed E-state index contributed by atoms with van der Waals surface area (Å²) in [4.78, 5) is 0. The van der Waals surface area contributed by atoms with Crippen LogP contribution in [0, 0.1) is 6.92 Å². The molecule has 2 aromatic rings. The average molecular weight is 296 g/mol. The molecule has 0 N–H and O–H groups in total. The number of aromatic nitrogens is 2. The van der Waals surface area contributed by atoms with E-state index in [-0.39, 0.29) is 0 Å². The highest BCUT2D eigenvalue weighted by Crippen LogP contribution is 2.22. The van der Waals surface area contributed by atoms with E-state index in [0.29, 0.717) is 13.2 Å². The number of rotatable bonds is 7. The van der Waals surface area contributed by atoms with Crippen LogP contribution in [0.15, 0.2) is 28.6 Å². The zero-order valence-electron chi connectivity index (χ0n) is 11.0. The first kappa shape index (κ1) is 14.1. The van der Waals surface area contributed by atoms with Gasteiger partial charge in [0.2, 0.25) is 0 Å². The minimum atomic E-state index is 0.650. The van der Waals surface area contributed by atoms with Crippen LogP contribution in [0.3, 0.4) is 0 Å². The monoisotopic (exact) mass is 296 g/mol. The lowest BCUT2D eigenvalue weighted by Gasteiger charge is -2.06. The van der Waals surface area contributed by atoms with Crippen molar-refractivity contribution in [1.82, 2.24) is 10.2 Å². The molecule has 0 amide bonds. The van der Waals surface area contributed by atoms with Crippen molar-refractivity contribution in [2.45, 2.75) is 18.2 Å². The zero-order chi connectivity index (χ0) is 13.5. The average Bonchev–Trinajstić information content (AvgIpc) is 2.83. The van der Waals surface area contributed by atoms with Gasteiger partial charge >= 0.3 is 0 Å². The van der Waals surface area contributed by atoms with Crippen LogP contribution < -0.4 is 9.47 Å². The molecule has 2 rings (SSSR count). The highest BCUT2D eigenvalue weighted by molar-refractivity contribution is 8.01. The number of benzene rings is 1. The molecule has 1 aromatic carbocycles. The van der Waals surface area contributed by atoms with Gasteiger partial charge in [0.15, 0.2) is 4.34 Å². The van der Waals surface area contributed by atoms with Crippen molar-refractivity contribution in [1.29, 1.82) is 0 Å². The lowest BCUT2D eigenvalue weighted by molar-refractivity contribution is 0.332. The summed E-state index contributed by atoms with van der Waals surface area (Å²) in [5.41, 5.74) is 0. The van der Waals surface area contributed by atoms with Gasteiger partial charge in [-0.2, -0.15) is 0 Å². The summed E-state index contributed by atoms with van der Waals surface area (Å²) in [6, 6.07) is 7.68. The predicted octanol–water partition coefficient (Wildman–Crippen LogP) is 3.42. The lowest BCUT2D eigenvalue weighted by atomic mass is 10.3. The van der Waals surface area contributed by atoms with Crippen molar-refractivity contribution in [2.24, 2.45) is 0 Å². The van der Waals surface area contributed by atoms with Gasteiger partial charge in [0.1, 0.15) is 16.5 Å². The van der Waals surface area contributed by atoms with Gasteiger partial charge in [0, 0.05) is 5.75 Å². The number of thioether (sulfide) groups is 1. The quantitative estimate of drug-likeness (QED) is 0.578. The first-order valence-electron chi connectivity index (χ1n) is 6.06. The van der Waals surface area contributed by atoms with E-state index >= 15 is 0 Å². The van der Waals surface area contributed by atoms with Crippen LogP contribution in [0.4, 0.5) is 0 Å². The Labute approximate surface area is 121 Å². The minimum Gasteiger partial charge on any atom is -0.494 e. The Kier molecular flexibility index (Phi) is 5.47. The highest BCUT2D eigenvalue weighted by Gasteiger charge is 2.01. The van der Waals surface area contributed by atoms with Crippen LogP contribution in [0.2, 0.25) is 0 Å². The van der Waals surface area contributed by atoms with Gasteiger partial charge < -0.3 is 9.47 Å². The SMILES string of the molecule is CCOc1ccc(OCCSc2nnc(C)s2)cc1. The Bertz CT molecular complexity index is 500. The Morgan fingerprint density at radius 2 is 1.79 bits per heavy atom. The zero-order valence-corrected chi connectivity index (χ0v) is 12.6. The van der Waals surface area contributed by atoms with Crippen molar-refractivity contribution < 1.29 is 9.47 Å². The second-order valence-corrected chi connectivity index (χ2v) is 6.21.